The number of halogens is 1. The Kier molecular flexibility index (Phi) is 4.44. The van der Waals surface area contributed by atoms with Crippen LogP contribution in [0.15, 0.2) is 29.5 Å². The highest BCUT2D eigenvalue weighted by Gasteiger charge is 2.06. The Hall–Kier alpha value is -1.91. The summed E-state index contributed by atoms with van der Waals surface area (Å²) in [5, 5.41) is 3.18. The molecule has 0 bridgehead atoms. The first-order chi connectivity index (χ1) is 7.67. The number of methoxy groups -OCH3 is 1. The fourth-order valence-corrected chi connectivity index (χ4v) is 1.26. The molecular formula is C9H9ClN4O2. The molecule has 0 saturated heterocycles. The Morgan fingerprint density at radius 2 is 2.19 bits per heavy atom. The molecule has 0 fully saturated rings. The molecule has 7 heteroatoms. The molecule has 84 valence electrons. The zero-order valence-corrected chi connectivity index (χ0v) is 9.26. The van der Waals surface area contributed by atoms with Gasteiger partial charge >= 0.3 is 5.97 Å². The highest BCUT2D eigenvalue weighted by atomic mass is 35.5. The monoisotopic (exact) mass is 240 g/mol. The van der Waals surface area contributed by atoms with Gasteiger partial charge in [-0.05, 0) is 22.9 Å². The molecule has 1 aromatic rings. The molecule has 1 aromatic carbocycles. The van der Waals surface area contributed by atoms with Gasteiger partial charge in [-0.25, -0.2) is 4.79 Å². The van der Waals surface area contributed by atoms with Crippen LogP contribution in [0.5, 0.6) is 0 Å². The maximum absolute atomic E-state index is 11.1. The standard InChI is InChI=1S/C9H9ClN4O2/c1-16-9(15)8-4-2-7(3-5-8)6-14(10)13-12-11/h2-5H,6H2,1H3. The van der Waals surface area contributed by atoms with Gasteiger partial charge in [0.25, 0.3) is 0 Å². The van der Waals surface area contributed by atoms with E-state index in [1.807, 2.05) is 0 Å². The SMILES string of the molecule is COC(=O)c1ccc(CN(Cl)N=[N+]=[N-])cc1. The maximum Gasteiger partial charge on any atom is 0.337 e. The molecule has 0 atom stereocenters. The van der Waals surface area contributed by atoms with E-state index in [0.717, 1.165) is 10.1 Å². The number of nitrogens with zero attached hydrogens (tertiary/aromatic N) is 4. The third-order valence-electron chi connectivity index (χ3n) is 1.83. The lowest BCUT2D eigenvalue weighted by Gasteiger charge is -2.04. The number of azide groups is 1. The zero-order chi connectivity index (χ0) is 12.0. The van der Waals surface area contributed by atoms with Crippen molar-refractivity contribution in [2.75, 3.05) is 7.11 Å². The number of hydrogen-bond donors (Lipinski definition) is 0. The molecule has 0 radical (unpaired) electrons. The summed E-state index contributed by atoms with van der Waals surface area (Å²) in [6.45, 7) is 0.257. The first kappa shape index (κ1) is 12.2. The second kappa shape index (κ2) is 5.85. The van der Waals surface area contributed by atoms with Gasteiger partial charge in [-0.15, -0.1) is 10.1 Å². The van der Waals surface area contributed by atoms with Crippen molar-refractivity contribution in [1.82, 2.24) is 4.53 Å². The number of carbonyl (C=O) groups excluding carboxylic acids is 1. The summed E-state index contributed by atoms with van der Waals surface area (Å²) in [6, 6.07) is 6.63. The van der Waals surface area contributed by atoms with E-state index in [1.165, 1.54) is 7.11 Å². The van der Waals surface area contributed by atoms with Gasteiger partial charge < -0.3 is 4.74 Å². The highest BCUT2D eigenvalue weighted by Crippen LogP contribution is 2.10. The topological polar surface area (TPSA) is 78.3 Å². The minimum atomic E-state index is -0.399. The van der Waals surface area contributed by atoms with Crippen molar-refractivity contribution in [3.8, 4) is 0 Å². The van der Waals surface area contributed by atoms with Crippen LogP contribution < -0.4 is 0 Å². The van der Waals surface area contributed by atoms with E-state index >= 15 is 0 Å². The van der Waals surface area contributed by atoms with Gasteiger partial charge in [0.05, 0.1) is 12.7 Å². The fourth-order valence-electron chi connectivity index (χ4n) is 1.09. The molecule has 0 unspecified atom stereocenters. The van der Waals surface area contributed by atoms with Gasteiger partial charge in [-0.3, -0.25) is 0 Å². The average molecular weight is 241 g/mol. The number of esters is 1. The molecule has 0 aliphatic heterocycles. The number of benzene rings is 1. The first-order valence-corrected chi connectivity index (χ1v) is 4.66. The Morgan fingerprint density at radius 1 is 1.56 bits per heavy atom. The second-order valence-corrected chi connectivity index (χ2v) is 3.25. The summed E-state index contributed by atoms with van der Waals surface area (Å²) in [5.74, 6) is -0.399. The van der Waals surface area contributed by atoms with Gasteiger partial charge in [0.2, 0.25) is 0 Å². The Balaban J connectivity index is 2.71. The van der Waals surface area contributed by atoms with Crippen LogP contribution in [0.25, 0.3) is 10.4 Å². The van der Waals surface area contributed by atoms with Crippen LogP contribution in [0.3, 0.4) is 0 Å². The number of rotatable bonds is 4. The van der Waals surface area contributed by atoms with Gasteiger partial charge in [0.15, 0.2) is 0 Å². The van der Waals surface area contributed by atoms with Crippen molar-refractivity contribution in [1.29, 1.82) is 0 Å². The van der Waals surface area contributed by atoms with Crippen molar-refractivity contribution >= 4 is 17.7 Å². The van der Waals surface area contributed by atoms with Gasteiger partial charge in [-0.2, -0.15) is 4.91 Å². The Labute approximate surface area is 97.1 Å². The molecule has 0 spiro atoms. The van der Waals surface area contributed by atoms with Crippen LogP contribution in [-0.4, -0.2) is 17.6 Å². The molecule has 6 nitrogen and oxygen atoms in total. The van der Waals surface area contributed by atoms with Crippen LogP contribution in [0.1, 0.15) is 15.9 Å². The molecule has 1 rings (SSSR count). The van der Waals surface area contributed by atoms with Crippen LogP contribution in [0.4, 0.5) is 0 Å². The maximum atomic E-state index is 11.1. The minimum Gasteiger partial charge on any atom is -0.465 e. The highest BCUT2D eigenvalue weighted by molar-refractivity contribution is 6.13. The predicted molar refractivity (Wildman–Crippen MR) is 58.3 cm³/mol. The average Bonchev–Trinajstić information content (AvgIpc) is 2.29. The minimum absolute atomic E-state index is 0.257. The predicted octanol–water partition coefficient (Wildman–Crippen LogP) is 2.65. The molecular weight excluding hydrogens is 232 g/mol. The molecule has 0 saturated carbocycles. The second-order valence-electron chi connectivity index (χ2n) is 2.86. The molecule has 0 aliphatic rings. The number of carbonyl (C=O) groups is 1. The van der Waals surface area contributed by atoms with Gasteiger partial charge in [0, 0.05) is 0 Å². The third-order valence-corrected chi connectivity index (χ3v) is 2.01. The van der Waals surface area contributed by atoms with Crippen molar-refractivity contribution in [2.45, 2.75) is 6.54 Å². The lowest BCUT2D eigenvalue weighted by molar-refractivity contribution is 0.0600. The molecule has 0 aliphatic carbocycles. The van der Waals surface area contributed by atoms with Crippen molar-refractivity contribution in [2.24, 2.45) is 5.22 Å². The summed E-state index contributed by atoms with van der Waals surface area (Å²) in [5.41, 5.74) is 9.40. The van der Waals surface area contributed by atoms with Crippen molar-refractivity contribution in [3.63, 3.8) is 0 Å². The first-order valence-electron chi connectivity index (χ1n) is 4.33. The van der Waals surface area contributed by atoms with Crippen LogP contribution in [-0.2, 0) is 11.3 Å². The van der Waals surface area contributed by atoms with Crippen molar-refractivity contribution < 1.29 is 9.53 Å². The summed E-state index contributed by atoms with van der Waals surface area (Å²) in [6.07, 6.45) is 0. The van der Waals surface area contributed by atoms with E-state index in [-0.39, 0.29) is 6.54 Å². The van der Waals surface area contributed by atoms with Gasteiger partial charge in [-0.1, -0.05) is 12.1 Å². The zero-order valence-electron chi connectivity index (χ0n) is 8.50. The number of ether oxygens (including phenoxy) is 1. The lowest BCUT2D eigenvalue weighted by atomic mass is 10.1. The third kappa shape index (κ3) is 3.34. The normalized spacial score (nSPS) is 9.12. The molecule has 0 heterocycles. The summed E-state index contributed by atoms with van der Waals surface area (Å²) < 4.78 is 5.49. The van der Waals surface area contributed by atoms with Crippen LogP contribution in [0.2, 0.25) is 0 Å². The summed E-state index contributed by atoms with van der Waals surface area (Å²) in [7, 11) is 1.32. The fraction of sp³-hybridized carbons (Fsp3) is 0.222. The largest absolute Gasteiger partial charge is 0.465 e. The van der Waals surface area contributed by atoms with E-state index < -0.39 is 5.97 Å². The summed E-state index contributed by atoms with van der Waals surface area (Å²) in [4.78, 5) is 13.7. The van der Waals surface area contributed by atoms with E-state index in [9.17, 15) is 4.79 Å². The molecule has 0 aromatic heterocycles. The molecule has 16 heavy (non-hydrogen) atoms. The van der Waals surface area contributed by atoms with Crippen molar-refractivity contribution in [3.05, 3.63) is 45.8 Å². The van der Waals surface area contributed by atoms with E-state index in [1.54, 1.807) is 24.3 Å². The van der Waals surface area contributed by atoms with E-state index in [2.05, 4.69) is 14.9 Å². The Bertz CT molecular complexity index is 414. The lowest BCUT2D eigenvalue weighted by Crippen LogP contribution is -2.04. The summed E-state index contributed by atoms with van der Waals surface area (Å²) >= 11 is 5.57. The Morgan fingerprint density at radius 3 is 2.69 bits per heavy atom. The smallest absolute Gasteiger partial charge is 0.337 e. The molecule has 0 amide bonds. The van der Waals surface area contributed by atoms with Crippen LogP contribution in [0, 0.1) is 0 Å². The quantitative estimate of drug-likeness (QED) is 0.203. The number of hydrogen-bond acceptors (Lipinski definition) is 3. The van der Waals surface area contributed by atoms with E-state index in [0.29, 0.717) is 5.56 Å². The van der Waals surface area contributed by atoms with Gasteiger partial charge in [0.1, 0.15) is 18.3 Å². The van der Waals surface area contributed by atoms with E-state index in [4.69, 9.17) is 17.3 Å². The van der Waals surface area contributed by atoms with Crippen LogP contribution >= 0.6 is 11.8 Å². The molecule has 0 N–H and O–H groups in total.